The van der Waals surface area contributed by atoms with Crippen molar-refractivity contribution in [3.8, 4) is 0 Å². The monoisotopic (exact) mass is 441 g/mol. The van der Waals surface area contributed by atoms with Crippen molar-refractivity contribution in [3.63, 3.8) is 0 Å². The molecule has 3 N–H and O–H groups in total. The molecule has 0 saturated carbocycles. The fraction of sp³-hybridized carbons (Fsp3) is 0.211. The fourth-order valence-electron chi connectivity index (χ4n) is 2.64. The Morgan fingerprint density at radius 2 is 2.20 bits per heavy atom. The third-order valence-corrected chi connectivity index (χ3v) is 5.91. The average molecular weight is 442 g/mol. The Hall–Kier alpha value is -3.02. The van der Waals surface area contributed by atoms with Gasteiger partial charge < -0.3 is 15.5 Å². The lowest BCUT2D eigenvalue weighted by Crippen LogP contribution is -2.20. The van der Waals surface area contributed by atoms with Crippen LogP contribution in [0.15, 0.2) is 40.5 Å². The number of hydrogen-bond acceptors (Lipinski definition) is 8. The number of carbonyl (C=O) groups is 2. The highest BCUT2D eigenvalue weighted by Gasteiger charge is 2.24. The van der Waals surface area contributed by atoms with Crippen LogP contribution in [0.1, 0.15) is 11.3 Å². The lowest BCUT2D eigenvalue weighted by molar-refractivity contribution is -0.116. The van der Waals surface area contributed by atoms with E-state index in [1.807, 2.05) is 37.2 Å². The molecule has 154 valence electrons. The lowest BCUT2D eigenvalue weighted by atomic mass is 10.2. The van der Waals surface area contributed by atoms with E-state index in [-0.39, 0.29) is 11.8 Å². The number of amides is 2. The van der Waals surface area contributed by atoms with E-state index in [0.717, 1.165) is 21.5 Å². The predicted octanol–water partition coefficient (Wildman–Crippen LogP) is 2.80. The first-order valence-electron chi connectivity index (χ1n) is 9.09. The van der Waals surface area contributed by atoms with Crippen LogP contribution in [0.25, 0.3) is 17.0 Å². The Morgan fingerprint density at radius 3 is 3.03 bits per heavy atom. The van der Waals surface area contributed by atoms with E-state index in [1.54, 1.807) is 18.5 Å². The third kappa shape index (κ3) is 4.93. The van der Waals surface area contributed by atoms with Gasteiger partial charge in [-0.05, 0) is 50.1 Å². The van der Waals surface area contributed by atoms with Gasteiger partial charge in [-0.25, -0.2) is 9.98 Å². The second-order valence-electron chi connectivity index (χ2n) is 6.79. The van der Waals surface area contributed by atoms with E-state index in [4.69, 9.17) is 0 Å². The third-order valence-electron chi connectivity index (χ3n) is 4.14. The van der Waals surface area contributed by atoms with Gasteiger partial charge in [0.1, 0.15) is 0 Å². The van der Waals surface area contributed by atoms with Gasteiger partial charge in [0.25, 0.3) is 5.91 Å². The first-order valence-corrected chi connectivity index (χ1v) is 10.7. The molecule has 1 aromatic carbocycles. The van der Waals surface area contributed by atoms with Gasteiger partial charge in [0.05, 0.1) is 27.2 Å². The molecule has 9 nitrogen and oxygen atoms in total. The van der Waals surface area contributed by atoms with E-state index in [1.165, 1.54) is 23.1 Å². The van der Waals surface area contributed by atoms with Crippen LogP contribution < -0.4 is 10.6 Å². The molecule has 4 rings (SSSR count). The number of thiazole rings is 1. The van der Waals surface area contributed by atoms with Crippen LogP contribution in [-0.2, 0) is 9.59 Å². The van der Waals surface area contributed by atoms with Gasteiger partial charge in [-0.3, -0.25) is 14.7 Å². The summed E-state index contributed by atoms with van der Waals surface area (Å²) in [5.74, 6) is -0.305. The van der Waals surface area contributed by atoms with Crippen LogP contribution in [0, 0.1) is 0 Å². The maximum absolute atomic E-state index is 12.3. The number of nitrogens with zero attached hydrogens (tertiary/aromatic N) is 4. The van der Waals surface area contributed by atoms with Crippen LogP contribution in [0.2, 0.25) is 0 Å². The van der Waals surface area contributed by atoms with Crippen LogP contribution in [0.5, 0.6) is 0 Å². The topological polar surface area (TPSA) is 115 Å². The molecule has 3 aromatic rings. The van der Waals surface area contributed by atoms with Gasteiger partial charge in [0, 0.05) is 24.5 Å². The molecular weight excluding hydrogens is 422 g/mol. The fourth-order valence-corrected chi connectivity index (χ4v) is 4.32. The zero-order chi connectivity index (χ0) is 21.1. The van der Waals surface area contributed by atoms with Crippen molar-refractivity contribution in [2.45, 2.75) is 6.42 Å². The van der Waals surface area contributed by atoms with Crippen molar-refractivity contribution in [2.75, 3.05) is 26.0 Å². The summed E-state index contributed by atoms with van der Waals surface area (Å²) < 4.78 is 0. The summed E-state index contributed by atoms with van der Waals surface area (Å²) in [7, 11) is 3.83. The van der Waals surface area contributed by atoms with Crippen molar-refractivity contribution in [2.24, 2.45) is 4.99 Å². The van der Waals surface area contributed by atoms with Crippen molar-refractivity contribution in [1.29, 1.82) is 0 Å². The molecule has 1 aliphatic rings. The Morgan fingerprint density at radius 1 is 1.33 bits per heavy atom. The number of anilines is 1. The lowest BCUT2D eigenvalue weighted by Gasteiger charge is -2.07. The Labute approximate surface area is 180 Å². The molecule has 2 amide bonds. The molecular formula is C19H19N7O2S2. The summed E-state index contributed by atoms with van der Waals surface area (Å²) in [5, 5.41) is 14.5. The minimum absolute atomic E-state index is 0.0890. The summed E-state index contributed by atoms with van der Waals surface area (Å²) in [6, 6.07) is 5.66. The molecule has 1 saturated heterocycles. The number of benzene rings is 1. The zero-order valence-corrected chi connectivity index (χ0v) is 17.9. The maximum Gasteiger partial charge on any atom is 0.264 e. The van der Waals surface area contributed by atoms with Gasteiger partial charge in [0.2, 0.25) is 5.91 Å². The van der Waals surface area contributed by atoms with Crippen molar-refractivity contribution in [1.82, 2.24) is 25.4 Å². The predicted molar refractivity (Wildman–Crippen MR) is 121 cm³/mol. The standard InChI is InChI=1S/C19H19N7O2S2/c1-26(2)6-5-16(27)23-18-20-10-13(29-18)8-15-17(28)24-19(30-15)22-12-4-3-11-9-21-25-14(11)7-12/h3-4,7-10H,5-6H2,1-2H3,(H,21,25)(H,20,23,27)(H,22,24,28)/b15-8-. The van der Waals surface area contributed by atoms with Crippen LogP contribution in [0.4, 0.5) is 10.8 Å². The van der Waals surface area contributed by atoms with Crippen molar-refractivity contribution in [3.05, 3.63) is 40.4 Å². The number of aliphatic imine (C=N–C) groups is 1. The van der Waals surface area contributed by atoms with E-state index in [2.05, 4.69) is 30.8 Å². The molecule has 0 radical (unpaired) electrons. The molecule has 0 bridgehead atoms. The van der Waals surface area contributed by atoms with Gasteiger partial charge in [0.15, 0.2) is 10.3 Å². The van der Waals surface area contributed by atoms with Gasteiger partial charge in [-0.15, -0.1) is 0 Å². The number of carbonyl (C=O) groups excluding carboxylic acids is 2. The zero-order valence-electron chi connectivity index (χ0n) is 16.3. The molecule has 0 aliphatic carbocycles. The normalized spacial score (nSPS) is 16.7. The molecule has 2 aromatic heterocycles. The van der Waals surface area contributed by atoms with Crippen LogP contribution in [-0.4, -0.2) is 57.7 Å². The van der Waals surface area contributed by atoms with Gasteiger partial charge >= 0.3 is 0 Å². The largest absolute Gasteiger partial charge is 0.309 e. The maximum atomic E-state index is 12.3. The van der Waals surface area contributed by atoms with E-state index < -0.39 is 0 Å². The number of H-pyrrole nitrogens is 1. The van der Waals surface area contributed by atoms with Crippen LogP contribution >= 0.6 is 23.1 Å². The SMILES string of the molecule is CN(C)CCC(=O)Nc1ncc(/C=C2\SC(=Nc3ccc4cn[nH]c4c3)NC2=O)s1. The smallest absolute Gasteiger partial charge is 0.264 e. The summed E-state index contributed by atoms with van der Waals surface area (Å²) in [6.07, 6.45) is 5.51. The molecule has 11 heteroatoms. The Balaban J connectivity index is 1.42. The first kappa shape index (κ1) is 20.3. The number of thioether (sulfide) groups is 1. The second kappa shape index (κ2) is 8.78. The summed E-state index contributed by atoms with van der Waals surface area (Å²) >= 11 is 2.58. The average Bonchev–Trinajstić information content (AvgIpc) is 3.41. The molecule has 30 heavy (non-hydrogen) atoms. The quantitative estimate of drug-likeness (QED) is 0.507. The number of amidine groups is 1. The molecule has 0 atom stereocenters. The Bertz CT molecular complexity index is 1160. The second-order valence-corrected chi connectivity index (χ2v) is 8.89. The highest BCUT2D eigenvalue weighted by atomic mass is 32.2. The molecule has 3 heterocycles. The summed E-state index contributed by atoms with van der Waals surface area (Å²) in [6.45, 7) is 0.667. The first-order chi connectivity index (χ1) is 14.5. The highest BCUT2D eigenvalue weighted by Crippen LogP contribution is 2.30. The van der Waals surface area contributed by atoms with Crippen molar-refractivity contribution < 1.29 is 9.59 Å². The number of aromatic nitrogens is 3. The van der Waals surface area contributed by atoms with Crippen LogP contribution in [0.3, 0.4) is 0 Å². The minimum Gasteiger partial charge on any atom is -0.309 e. The van der Waals surface area contributed by atoms with E-state index >= 15 is 0 Å². The van der Waals surface area contributed by atoms with Gasteiger partial charge in [-0.1, -0.05) is 11.3 Å². The highest BCUT2D eigenvalue weighted by molar-refractivity contribution is 8.18. The number of aromatic amines is 1. The van der Waals surface area contributed by atoms with E-state index in [9.17, 15) is 9.59 Å². The van der Waals surface area contributed by atoms with E-state index in [0.29, 0.717) is 28.2 Å². The molecule has 0 unspecified atom stereocenters. The molecule has 0 spiro atoms. The Kier molecular flexibility index (Phi) is 5.93. The number of rotatable bonds is 6. The number of hydrogen-bond donors (Lipinski definition) is 3. The number of fused-ring (bicyclic) bond motifs is 1. The molecule has 1 fully saturated rings. The number of nitrogens with one attached hydrogen (secondary N) is 3. The minimum atomic E-state index is -0.216. The molecule has 1 aliphatic heterocycles. The summed E-state index contributed by atoms with van der Waals surface area (Å²) in [5.41, 5.74) is 1.60. The summed E-state index contributed by atoms with van der Waals surface area (Å²) in [4.78, 5) is 36.2. The van der Waals surface area contributed by atoms with Crippen molar-refractivity contribution >= 4 is 67.9 Å². The van der Waals surface area contributed by atoms with Gasteiger partial charge in [-0.2, -0.15) is 5.10 Å².